The first-order valence-electron chi connectivity index (χ1n) is 4.95. The average molecular weight is 249 g/mol. The van der Waals surface area contributed by atoms with E-state index in [1.807, 2.05) is 12.1 Å². The zero-order chi connectivity index (χ0) is 9.10. The smallest absolute Gasteiger partial charge is 0.0320 e. The van der Waals surface area contributed by atoms with Crippen LogP contribution in [0.15, 0.2) is 24.3 Å². The molecule has 0 bridgehead atoms. The Labute approximate surface area is 103 Å². The molecule has 2 nitrogen and oxygen atoms in total. The summed E-state index contributed by atoms with van der Waals surface area (Å²) in [5, 5.41) is 3.51. The number of rotatable bonds is 1. The Balaban J connectivity index is 0.000000980. The third-order valence-electron chi connectivity index (χ3n) is 2.65. The van der Waals surface area contributed by atoms with E-state index >= 15 is 0 Å². The van der Waals surface area contributed by atoms with E-state index in [1.165, 1.54) is 24.8 Å². The standard InChI is InChI=1S/C11H16N2.2ClH/c12-10-6-4-9(5-7-10)11-3-1-2-8-13-11;;/h4-7,11,13H,1-3,8,12H2;2*1H. The number of piperidine rings is 1. The molecule has 1 unspecified atom stereocenters. The molecule has 1 aliphatic heterocycles. The summed E-state index contributed by atoms with van der Waals surface area (Å²) in [7, 11) is 0. The average Bonchev–Trinajstić information content (AvgIpc) is 2.20. The quantitative estimate of drug-likeness (QED) is 0.751. The highest BCUT2D eigenvalue weighted by molar-refractivity contribution is 5.85. The van der Waals surface area contributed by atoms with Crippen LogP contribution in [-0.2, 0) is 0 Å². The van der Waals surface area contributed by atoms with Crippen molar-refractivity contribution < 1.29 is 0 Å². The molecule has 0 spiro atoms. The maximum Gasteiger partial charge on any atom is 0.0320 e. The maximum absolute atomic E-state index is 5.64. The molecule has 86 valence electrons. The number of nitrogens with two attached hydrogens (primary N) is 1. The second kappa shape index (κ2) is 6.94. The molecule has 4 heteroatoms. The van der Waals surface area contributed by atoms with E-state index in [-0.39, 0.29) is 24.8 Å². The van der Waals surface area contributed by atoms with Crippen molar-refractivity contribution in [1.29, 1.82) is 0 Å². The lowest BCUT2D eigenvalue weighted by atomic mass is 9.97. The molecule has 3 N–H and O–H groups in total. The number of hydrogen-bond acceptors (Lipinski definition) is 2. The van der Waals surface area contributed by atoms with Crippen LogP contribution in [0.3, 0.4) is 0 Å². The summed E-state index contributed by atoms with van der Waals surface area (Å²) in [6, 6.07) is 8.75. The lowest BCUT2D eigenvalue weighted by Gasteiger charge is -2.23. The van der Waals surface area contributed by atoms with Crippen molar-refractivity contribution in [3.05, 3.63) is 29.8 Å². The zero-order valence-corrected chi connectivity index (χ0v) is 10.2. The van der Waals surface area contributed by atoms with Crippen LogP contribution in [0.25, 0.3) is 0 Å². The Morgan fingerprint density at radius 2 is 1.73 bits per heavy atom. The van der Waals surface area contributed by atoms with Crippen LogP contribution in [0.2, 0.25) is 0 Å². The molecule has 0 radical (unpaired) electrons. The molecule has 1 heterocycles. The Bertz CT molecular complexity index is 268. The van der Waals surface area contributed by atoms with E-state index in [0.717, 1.165) is 12.2 Å². The maximum atomic E-state index is 5.64. The number of nitrogens with one attached hydrogen (secondary N) is 1. The van der Waals surface area contributed by atoms with Crippen LogP contribution in [0, 0.1) is 0 Å². The Morgan fingerprint density at radius 3 is 2.27 bits per heavy atom. The summed E-state index contributed by atoms with van der Waals surface area (Å²) in [6.07, 6.45) is 3.90. The first-order valence-corrected chi connectivity index (χ1v) is 4.95. The third-order valence-corrected chi connectivity index (χ3v) is 2.65. The lowest BCUT2D eigenvalue weighted by Crippen LogP contribution is -2.26. The minimum atomic E-state index is 0. The van der Waals surface area contributed by atoms with Gasteiger partial charge in [-0.1, -0.05) is 18.6 Å². The highest BCUT2D eigenvalue weighted by Gasteiger charge is 2.13. The molecule has 1 atom stereocenters. The van der Waals surface area contributed by atoms with E-state index in [0.29, 0.717) is 6.04 Å². The van der Waals surface area contributed by atoms with E-state index in [4.69, 9.17) is 5.73 Å². The van der Waals surface area contributed by atoms with Crippen LogP contribution in [0.5, 0.6) is 0 Å². The lowest BCUT2D eigenvalue weighted by molar-refractivity contribution is 0.412. The number of benzene rings is 1. The largest absolute Gasteiger partial charge is 0.399 e. The monoisotopic (exact) mass is 248 g/mol. The van der Waals surface area contributed by atoms with Crippen molar-refractivity contribution in [2.24, 2.45) is 0 Å². The SMILES string of the molecule is Cl.Cl.Nc1ccc(C2CCCCN2)cc1. The van der Waals surface area contributed by atoms with Gasteiger partial charge < -0.3 is 11.1 Å². The molecule has 15 heavy (non-hydrogen) atoms. The number of hydrogen-bond donors (Lipinski definition) is 2. The van der Waals surface area contributed by atoms with E-state index < -0.39 is 0 Å². The van der Waals surface area contributed by atoms with Gasteiger partial charge in [-0.2, -0.15) is 0 Å². The second-order valence-electron chi connectivity index (χ2n) is 3.67. The van der Waals surface area contributed by atoms with E-state index in [2.05, 4.69) is 17.4 Å². The van der Waals surface area contributed by atoms with Crippen molar-refractivity contribution in [1.82, 2.24) is 5.32 Å². The van der Waals surface area contributed by atoms with Crippen LogP contribution in [0.4, 0.5) is 5.69 Å². The van der Waals surface area contributed by atoms with Crippen LogP contribution in [-0.4, -0.2) is 6.54 Å². The molecule has 1 aromatic rings. The molecular formula is C11H18Cl2N2. The van der Waals surface area contributed by atoms with Crippen molar-refractivity contribution in [3.8, 4) is 0 Å². The van der Waals surface area contributed by atoms with Gasteiger partial charge in [-0.15, -0.1) is 24.8 Å². The predicted molar refractivity (Wildman–Crippen MR) is 69.9 cm³/mol. The normalized spacial score (nSPS) is 19.9. The highest BCUT2D eigenvalue weighted by atomic mass is 35.5. The molecule has 0 aliphatic carbocycles. The first kappa shape index (κ1) is 14.6. The fourth-order valence-electron chi connectivity index (χ4n) is 1.86. The Kier molecular flexibility index (Phi) is 6.73. The fourth-order valence-corrected chi connectivity index (χ4v) is 1.86. The van der Waals surface area contributed by atoms with Gasteiger partial charge in [0.05, 0.1) is 0 Å². The van der Waals surface area contributed by atoms with Crippen LogP contribution < -0.4 is 11.1 Å². The van der Waals surface area contributed by atoms with Gasteiger partial charge in [0.2, 0.25) is 0 Å². The molecular weight excluding hydrogens is 231 g/mol. The van der Waals surface area contributed by atoms with Crippen molar-refractivity contribution in [2.75, 3.05) is 12.3 Å². The number of nitrogen functional groups attached to an aromatic ring is 1. The molecule has 1 saturated heterocycles. The van der Waals surface area contributed by atoms with E-state index in [1.54, 1.807) is 0 Å². The molecule has 0 amide bonds. The summed E-state index contributed by atoms with van der Waals surface area (Å²) in [5.74, 6) is 0. The summed E-state index contributed by atoms with van der Waals surface area (Å²) in [5.41, 5.74) is 7.85. The summed E-state index contributed by atoms with van der Waals surface area (Å²) in [6.45, 7) is 1.15. The van der Waals surface area contributed by atoms with Gasteiger partial charge in [-0.05, 0) is 37.1 Å². The van der Waals surface area contributed by atoms with Gasteiger partial charge in [-0.3, -0.25) is 0 Å². The summed E-state index contributed by atoms with van der Waals surface area (Å²) in [4.78, 5) is 0. The molecule has 1 fully saturated rings. The van der Waals surface area contributed by atoms with Gasteiger partial charge >= 0.3 is 0 Å². The summed E-state index contributed by atoms with van der Waals surface area (Å²) < 4.78 is 0. The van der Waals surface area contributed by atoms with Crippen molar-refractivity contribution in [2.45, 2.75) is 25.3 Å². The van der Waals surface area contributed by atoms with Crippen LogP contribution in [0.1, 0.15) is 30.9 Å². The van der Waals surface area contributed by atoms with Gasteiger partial charge in [-0.25, -0.2) is 0 Å². The van der Waals surface area contributed by atoms with Gasteiger partial charge in [0.1, 0.15) is 0 Å². The number of anilines is 1. The molecule has 2 rings (SSSR count). The molecule has 1 aliphatic rings. The minimum absolute atomic E-state index is 0. The summed E-state index contributed by atoms with van der Waals surface area (Å²) >= 11 is 0. The second-order valence-corrected chi connectivity index (χ2v) is 3.67. The molecule has 1 aromatic carbocycles. The minimum Gasteiger partial charge on any atom is -0.399 e. The van der Waals surface area contributed by atoms with Gasteiger partial charge in [0.25, 0.3) is 0 Å². The molecule has 0 aromatic heterocycles. The van der Waals surface area contributed by atoms with Gasteiger partial charge in [0, 0.05) is 11.7 Å². The first-order chi connectivity index (χ1) is 6.36. The highest BCUT2D eigenvalue weighted by Crippen LogP contribution is 2.23. The zero-order valence-electron chi connectivity index (χ0n) is 8.61. The number of halogens is 2. The van der Waals surface area contributed by atoms with Gasteiger partial charge in [0.15, 0.2) is 0 Å². The topological polar surface area (TPSA) is 38.0 Å². The Morgan fingerprint density at radius 1 is 1.07 bits per heavy atom. The predicted octanol–water partition coefficient (Wildman–Crippen LogP) is 2.93. The fraction of sp³-hybridized carbons (Fsp3) is 0.455. The van der Waals surface area contributed by atoms with Crippen molar-refractivity contribution >= 4 is 30.5 Å². The Hall–Kier alpha value is -0.440. The van der Waals surface area contributed by atoms with Crippen molar-refractivity contribution in [3.63, 3.8) is 0 Å². The van der Waals surface area contributed by atoms with Crippen LogP contribution >= 0.6 is 24.8 Å². The molecule has 0 saturated carbocycles. The van der Waals surface area contributed by atoms with E-state index in [9.17, 15) is 0 Å². The third kappa shape index (κ3) is 3.90.